The van der Waals surface area contributed by atoms with Crippen LogP contribution in [0.4, 0.5) is 0 Å². The van der Waals surface area contributed by atoms with E-state index >= 15 is 0 Å². The second kappa shape index (κ2) is 9.08. The summed E-state index contributed by atoms with van der Waals surface area (Å²) in [6.45, 7) is 8.39. The first-order chi connectivity index (χ1) is 11.2. The Morgan fingerprint density at radius 3 is 2.70 bits per heavy atom. The molecule has 0 saturated heterocycles. The van der Waals surface area contributed by atoms with Crippen LogP contribution in [0.5, 0.6) is 0 Å². The zero-order valence-corrected chi connectivity index (χ0v) is 16.2. The van der Waals surface area contributed by atoms with Gasteiger partial charge in [-0.3, -0.25) is 0 Å². The van der Waals surface area contributed by atoms with Gasteiger partial charge in [-0.15, -0.1) is 11.3 Å². The quantitative estimate of drug-likeness (QED) is 0.548. The van der Waals surface area contributed by atoms with Crippen molar-refractivity contribution in [2.75, 3.05) is 6.54 Å². The average Bonchev–Trinajstić information content (AvgIpc) is 3.15. The van der Waals surface area contributed by atoms with Crippen LogP contribution < -0.4 is 10.6 Å². The Balaban J connectivity index is 2.04. The summed E-state index contributed by atoms with van der Waals surface area (Å²) >= 11 is 5.21. The highest BCUT2D eigenvalue weighted by Crippen LogP contribution is 2.21. The molecule has 0 fully saturated rings. The molecular weight excluding hydrogens is 376 g/mol. The normalized spacial score (nSPS) is 11.7. The van der Waals surface area contributed by atoms with Crippen LogP contribution in [0.3, 0.4) is 0 Å². The molecule has 2 heterocycles. The average molecular weight is 399 g/mol. The maximum Gasteiger partial charge on any atom is 0.191 e. The molecule has 0 saturated carbocycles. The first kappa shape index (κ1) is 18.0. The largest absolute Gasteiger partial charge is 0.361 e. The van der Waals surface area contributed by atoms with E-state index in [4.69, 9.17) is 4.52 Å². The van der Waals surface area contributed by atoms with E-state index in [1.807, 2.05) is 0 Å². The van der Waals surface area contributed by atoms with Crippen molar-refractivity contribution in [1.29, 1.82) is 0 Å². The van der Waals surface area contributed by atoms with Gasteiger partial charge in [0, 0.05) is 23.4 Å². The molecule has 2 rings (SSSR count). The maximum absolute atomic E-state index is 5.40. The third kappa shape index (κ3) is 5.07. The van der Waals surface area contributed by atoms with Crippen LogP contribution in [-0.2, 0) is 25.9 Å². The van der Waals surface area contributed by atoms with Crippen LogP contribution in [-0.4, -0.2) is 17.7 Å². The van der Waals surface area contributed by atoms with Crippen LogP contribution >= 0.6 is 27.3 Å². The van der Waals surface area contributed by atoms with Crippen molar-refractivity contribution in [2.45, 2.75) is 46.7 Å². The molecule has 23 heavy (non-hydrogen) atoms. The first-order valence-corrected chi connectivity index (χ1v) is 9.51. The molecule has 2 aromatic heterocycles. The van der Waals surface area contributed by atoms with Crippen LogP contribution in [0.25, 0.3) is 0 Å². The van der Waals surface area contributed by atoms with Crippen molar-refractivity contribution >= 4 is 33.2 Å². The number of thiophene rings is 1. The highest BCUT2D eigenvalue weighted by atomic mass is 79.9. The van der Waals surface area contributed by atoms with Gasteiger partial charge in [0.1, 0.15) is 5.76 Å². The predicted octanol–water partition coefficient (Wildman–Crippen LogP) is 3.88. The van der Waals surface area contributed by atoms with Crippen molar-refractivity contribution in [3.8, 4) is 0 Å². The number of aromatic nitrogens is 1. The van der Waals surface area contributed by atoms with Crippen LogP contribution in [0.15, 0.2) is 25.4 Å². The van der Waals surface area contributed by atoms with E-state index in [9.17, 15) is 0 Å². The lowest BCUT2D eigenvalue weighted by Gasteiger charge is -2.10. The monoisotopic (exact) mass is 398 g/mol. The second-order valence-electron chi connectivity index (χ2n) is 4.99. The van der Waals surface area contributed by atoms with E-state index in [1.165, 1.54) is 4.88 Å². The highest BCUT2D eigenvalue weighted by molar-refractivity contribution is 9.11. The Labute approximate surface area is 149 Å². The van der Waals surface area contributed by atoms with Crippen molar-refractivity contribution in [3.63, 3.8) is 0 Å². The molecule has 2 N–H and O–H groups in total. The van der Waals surface area contributed by atoms with Crippen LogP contribution in [0.2, 0.25) is 0 Å². The number of nitrogens with zero attached hydrogens (tertiary/aromatic N) is 2. The van der Waals surface area contributed by atoms with E-state index in [-0.39, 0.29) is 0 Å². The smallest absolute Gasteiger partial charge is 0.191 e. The van der Waals surface area contributed by atoms with E-state index in [1.54, 1.807) is 11.3 Å². The highest BCUT2D eigenvalue weighted by Gasteiger charge is 2.13. The Kier molecular flexibility index (Phi) is 7.11. The van der Waals surface area contributed by atoms with Gasteiger partial charge in [0.2, 0.25) is 0 Å². The fourth-order valence-electron chi connectivity index (χ4n) is 2.23. The van der Waals surface area contributed by atoms with E-state index in [0.717, 1.165) is 52.7 Å². The molecule has 0 atom stereocenters. The molecule has 0 spiro atoms. The predicted molar refractivity (Wildman–Crippen MR) is 98.9 cm³/mol. The lowest BCUT2D eigenvalue weighted by atomic mass is 10.1. The summed E-state index contributed by atoms with van der Waals surface area (Å²) in [7, 11) is 0. The second-order valence-corrected chi connectivity index (χ2v) is 7.54. The number of rotatable bonds is 7. The summed E-state index contributed by atoms with van der Waals surface area (Å²) in [5.41, 5.74) is 2.12. The van der Waals surface area contributed by atoms with Crippen LogP contribution in [0, 0.1) is 0 Å². The Hall–Kier alpha value is -1.34. The van der Waals surface area contributed by atoms with E-state index in [0.29, 0.717) is 6.54 Å². The first-order valence-electron chi connectivity index (χ1n) is 7.90. The fraction of sp³-hybridized carbons (Fsp3) is 0.500. The van der Waals surface area contributed by atoms with Gasteiger partial charge in [0.05, 0.1) is 22.6 Å². The number of hydrogen-bond acceptors (Lipinski definition) is 4. The summed E-state index contributed by atoms with van der Waals surface area (Å²) in [6.07, 6.45) is 1.70. The Morgan fingerprint density at radius 1 is 1.26 bits per heavy atom. The molecule has 0 aliphatic carbocycles. The van der Waals surface area contributed by atoms with Gasteiger partial charge in [0.15, 0.2) is 5.96 Å². The molecule has 0 aliphatic heterocycles. The maximum atomic E-state index is 5.40. The minimum Gasteiger partial charge on any atom is -0.361 e. The zero-order valence-electron chi connectivity index (χ0n) is 13.8. The molecular formula is C16H23BrN4OS. The number of aliphatic imine (C=N–C) groups is 1. The molecule has 5 nitrogen and oxygen atoms in total. The molecule has 2 aromatic rings. The van der Waals surface area contributed by atoms with E-state index < -0.39 is 0 Å². The summed E-state index contributed by atoms with van der Waals surface area (Å²) in [4.78, 5) is 5.94. The molecule has 0 radical (unpaired) electrons. The van der Waals surface area contributed by atoms with Crippen LogP contribution in [0.1, 0.15) is 42.7 Å². The number of guanidine groups is 1. The zero-order chi connectivity index (χ0) is 16.7. The molecule has 0 aliphatic rings. The number of aryl methyl sites for hydroxylation is 2. The Bertz CT molecular complexity index is 629. The molecule has 0 unspecified atom stereocenters. The standard InChI is InChI=1S/C16H23BrN4OS/c1-4-13-12(14(5-2)22-21-13)10-20-16(18-6-3)19-9-11-7-8-15(17)23-11/h7-8H,4-6,9-10H2,1-3H3,(H2,18,19,20). The molecule has 0 amide bonds. The van der Waals surface area contributed by atoms with Gasteiger partial charge in [-0.1, -0.05) is 19.0 Å². The van der Waals surface area contributed by atoms with Crippen molar-refractivity contribution < 1.29 is 4.52 Å². The fourth-order valence-corrected chi connectivity index (χ4v) is 3.66. The van der Waals surface area contributed by atoms with Crippen molar-refractivity contribution in [3.05, 3.63) is 37.8 Å². The van der Waals surface area contributed by atoms with Gasteiger partial charge in [-0.2, -0.15) is 0 Å². The van der Waals surface area contributed by atoms with Gasteiger partial charge >= 0.3 is 0 Å². The minimum absolute atomic E-state index is 0.583. The lowest BCUT2D eigenvalue weighted by Crippen LogP contribution is -2.36. The SMILES string of the molecule is CCNC(=NCc1c(CC)noc1CC)NCc1ccc(Br)s1. The van der Waals surface area contributed by atoms with Crippen molar-refractivity contribution in [1.82, 2.24) is 15.8 Å². The third-order valence-electron chi connectivity index (χ3n) is 3.41. The number of halogens is 1. The topological polar surface area (TPSA) is 62.5 Å². The summed E-state index contributed by atoms with van der Waals surface area (Å²) in [5.74, 6) is 1.74. The van der Waals surface area contributed by atoms with Gasteiger partial charge in [-0.25, -0.2) is 4.99 Å². The van der Waals surface area contributed by atoms with Gasteiger partial charge in [0.25, 0.3) is 0 Å². The number of nitrogens with one attached hydrogen (secondary N) is 2. The van der Waals surface area contributed by atoms with E-state index in [2.05, 4.69) is 69.6 Å². The summed E-state index contributed by atoms with van der Waals surface area (Å²) < 4.78 is 6.54. The lowest BCUT2D eigenvalue weighted by molar-refractivity contribution is 0.380. The third-order valence-corrected chi connectivity index (χ3v) is 5.03. The minimum atomic E-state index is 0.583. The molecule has 7 heteroatoms. The van der Waals surface area contributed by atoms with Gasteiger partial charge in [-0.05, 0) is 41.4 Å². The summed E-state index contributed by atoms with van der Waals surface area (Å²) in [6, 6.07) is 4.17. The molecule has 0 aromatic carbocycles. The molecule has 0 bridgehead atoms. The number of hydrogen-bond donors (Lipinski definition) is 2. The van der Waals surface area contributed by atoms with Gasteiger partial charge < -0.3 is 15.2 Å². The Morgan fingerprint density at radius 2 is 2.09 bits per heavy atom. The molecule has 126 valence electrons. The van der Waals surface area contributed by atoms with Crippen molar-refractivity contribution in [2.24, 2.45) is 4.99 Å². The summed E-state index contributed by atoms with van der Waals surface area (Å²) in [5, 5.41) is 10.8.